The summed E-state index contributed by atoms with van der Waals surface area (Å²) in [5.41, 5.74) is 1.57. The van der Waals surface area contributed by atoms with Gasteiger partial charge < -0.3 is 5.32 Å². The molecule has 0 saturated carbocycles. The maximum atomic E-state index is 12.6. The van der Waals surface area contributed by atoms with Gasteiger partial charge in [-0.3, -0.25) is 9.59 Å². The van der Waals surface area contributed by atoms with Crippen LogP contribution in [0.1, 0.15) is 45.5 Å². The quantitative estimate of drug-likeness (QED) is 0.556. The van der Waals surface area contributed by atoms with Crippen LogP contribution in [-0.4, -0.2) is 11.7 Å². The molecule has 154 valence electrons. The van der Waals surface area contributed by atoms with Crippen LogP contribution in [0, 0.1) is 0 Å². The van der Waals surface area contributed by atoms with Gasteiger partial charge in [-0.1, -0.05) is 60.7 Å². The Morgan fingerprint density at radius 3 is 2.13 bits per heavy atom. The summed E-state index contributed by atoms with van der Waals surface area (Å²) in [5.74, 6) is -0.933. The van der Waals surface area contributed by atoms with E-state index >= 15 is 0 Å². The minimum Gasteiger partial charge on any atom is -0.352 e. The molecule has 6 heteroatoms. The highest BCUT2D eigenvalue weighted by Crippen LogP contribution is 2.29. The van der Waals surface area contributed by atoms with Gasteiger partial charge in [-0.05, 0) is 36.2 Å². The number of amides is 1. The Balaban J connectivity index is 1.65. The van der Waals surface area contributed by atoms with Crippen molar-refractivity contribution in [3.8, 4) is 0 Å². The molecule has 0 radical (unpaired) electrons. The number of alkyl halides is 3. The average Bonchev–Trinajstić information content (AvgIpc) is 2.76. The number of rotatable bonds is 6. The summed E-state index contributed by atoms with van der Waals surface area (Å²) in [5, 5.41) is 2.73. The number of benzene rings is 3. The van der Waals surface area contributed by atoms with E-state index in [9.17, 15) is 22.8 Å². The Morgan fingerprint density at radius 2 is 1.50 bits per heavy atom. The molecule has 1 unspecified atom stereocenters. The molecule has 3 aromatic rings. The lowest BCUT2D eigenvalue weighted by molar-refractivity contribution is -0.137. The third-order valence-corrected chi connectivity index (χ3v) is 4.83. The van der Waals surface area contributed by atoms with Crippen molar-refractivity contribution in [3.05, 3.63) is 107 Å². The third-order valence-electron chi connectivity index (χ3n) is 4.83. The molecule has 3 aromatic carbocycles. The third kappa shape index (κ3) is 5.14. The maximum Gasteiger partial charge on any atom is 0.416 e. The zero-order chi connectivity index (χ0) is 21.7. The van der Waals surface area contributed by atoms with E-state index in [1.165, 1.54) is 12.1 Å². The van der Waals surface area contributed by atoms with Crippen molar-refractivity contribution in [1.29, 1.82) is 0 Å². The van der Waals surface area contributed by atoms with Crippen molar-refractivity contribution >= 4 is 11.7 Å². The molecule has 30 heavy (non-hydrogen) atoms. The summed E-state index contributed by atoms with van der Waals surface area (Å²) in [6, 6.07) is 20.4. The fraction of sp³-hybridized carbons (Fsp3) is 0.167. The molecule has 0 spiro atoms. The molecule has 0 aliphatic rings. The molecule has 0 heterocycles. The van der Waals surface area contributed by atoms with Gasteiger partial charge in [0.1, 0.15) is 0 Å². The summed E-state index contributed by atoms with van der Waals surface area (Å²) >= 11 is 0. The van der Waals surface area contributed by atoms with Gasteiger partial charge >= 0.3 is 6.18 Å². The van der Waals surface area contributed by atoms with Crippen LogP contribution >= 0.6 is 0 Å². The first-order valence-corrected chi connectivity index (χ1v) is 9.39. The number of ketones is 1. The molecule has 1 amide bonds. The summed E-state index contributed by atoms with van der Waals surface area (Å²) in [6.07, 6.45) is -4.39. The molecule has 1 atom stereocenters. The van der Waals surface area contributed by atoms with Crippen LogP contribution in [0.5, 0.6) is 0 Å². The molecule has 0 aliphatic heterocycles. The first kappa shape index (κ1) is 21.3. The Morgan fingerprint density at radius 1 is 0.867 bits per heavy atom. The van der Waals surface area contributed by atoms with Crippen LogP contribution in [0.2, 0.25) is 0 Å². The number of nitrogens with one attached hydrogen (secondary N) is 1. The number of carbonyl (C=O) groups is 2. The van der Waals surface area contributed by atoms with Gasteiger partial charge in [0.2, 0.25) is 5.91 Å². The first-order chi connectivity index (χ1) is 14.3. The number of halogens is 3. The second-order valence-electron chi connectivity index (χ2n) is 6.95. The Labute approximate surface area is 172 Å². The minimum atomic E-state index is -4.39. The molecular formula is C24H20F3NO2. The smallest absolute Gasteiger partial charge is 0.352 e. The zero-order valence-electron chi connectivity index (χ0n) is 16.2. The van der Waals surface area contributed by atoms with Crippen LogP contribution < -0.4 is 5.32 Å². The van der Waals surface area contributed by atoms with E-state index in [1.807, 2.05) is 6.07 Å². The molecule has 0 saturated heterocycles. The SMILES string of the molecule is CC(C(=O)NCc1ccc(C(F)(F)F)cc1)c1cccc(C(=O)c2ccccc2)c1. The van der Waals surface area contributed by atoms with E-state index in [0.29, 0.717) is 22.3 Å². The Bertz CT molecular complexity index is 1030. The van der Waals surface area contributed by atoms with Gasteiger partial charge in [-0.15, -0.1) is 0 Å². The molecular weight excluding hydrogens is 391 g/mol. The van der Waals surface area contributed by atoms with Crippen LogP contribution in [-0.2, 0) is 17.5 Å². The summed E-state index contributed by atoms with van der Waals surface area (Å²) in [4.78, 5) is 25.1. The fourth-order valence-electron chi connectivity index (χ4n) is 3.01. The number of hydrogen-bond acceptors (Lipinski definition) is 2. The fourth-order valence-corrected chi connectivity index (χ4v) is 3.01. The predicted molar refractivity (Wildman–Crippen MR) is 108 cm³/mol. The predicted octanol–water partition coefficient (Wildman–Crippen LogP) is 5.36. The Kier molecular flexibility index (Phi) is 6.35. The lowest BCUT2D eigenvalue weighted by Gasteiger charge is -2.14. The molecule has 1 N–H and O–H groups in total. The second-order valence-corrected chi connectivity index (χ2v) is 6.95. The van der Waals surface area contributed by atoms with Crippen molar-refractivity contribution in [1.82, 2.24) is 5.32 Å². The van der Waals surface area contributed by atoms with E-state index < -0.39 is 17.7 Å². The monoisotopic (exact) mass is 411 g/mol. The van der Waals surface area contributed by atoms with Gasteiger partial charge in [0.15, 0.2) is 5.78 Å². The summed E-state index contributed by atoms with van der Waals surface area (Å²) in [6.45, 7) is 1.83. The van der Waals surface area contributed by atoms with Crippen molar-refractivity contribution in [3.63, 3.8) is 0 Å². The van der Waals surface area contributed by atoms with Gasteiger partial charge in [0, 0.05) is 17.7 Å². The lowest BCUT2D eigenvalue weighted by Crippen LogP contribution is -2.27. The van der Waals surface area contributed by atoms with Crippen LogP contribution in [0.3, 0.4) is 0 Å². The topological polar surface area (TPSA) is 46.2 Å². The second kappa shape index (κ2) is 8.95. The highest BCUT2D eigenvalue weighted by molar-refractivity contribution is 6.09. The van der Waals surface area contributed by atoms with E-state index in [4.69, 9.17) is 0 Å². The van der Waals surface area contributed by atoms with E-state index in [-0.39, 0.29) is 18.2 Å². The largest absolute Gasteiger partial charge is 0.416 e. The number of carbonyl (C=O) groups excluding carboxylic acids is 2. The standard InChI is InChI=1S/C24H20F3NO2/c1-16(23(30)28-15-17-10-12-21(13-11-17)24(25,26)27)19-8-5-9-20(14-19)22(29)18-6-3-2-4-7-18/h2-14,16H,15H2,1H3,(H,28,30). The molecule has 0 aliphatic carbocycles. The van der Waals surface area contributed by atoms with Gasteiger partial charge in [-0.25, -0.2) is 0 Å². The number of hydrogen-bond donors (Lipinski definition) is 1. The van der Waals surface area contributed by atoms with Crippen LogP contribution in [0.25, 0.3) is 0 Å². The van der Waals surface area contributed by atoms with Crippen LogP contribution in [0.4, 0.5) is 13.2 Å². The van der Waals surface area contributed by atoms with E-state index in [0.717, 1.165) is 12.1 Å². The van der Waals surface area contributed by atoms with Crippen LogP contribution in [0.15, 0.2) is 78.9 Å². The Hall–Kier alpha value is -3.41. The molecule has 0 fully saturated rings. The summed E-state index contributed by atoms with van der Waals surface area (Å²) < 4.78 is 37.9. The maximum absolute atomic E-state index is 12.6. The lowest BCUT2D eigenvalue weighted by atomic mass is 9.95. The van der Waals surface area contributed by atoms with Crippen molar-refractivity contribution in [2.24, 2.45) is 0 Å². The normalized spacial score (nSPS) is 12.3. The average molecular weight is 411 g/mol. The molecule has 3 rings (SSSR count). The van der Waals surface area contributed by atoms with Crippen molar-refractivity contribution in [2.75, 3.05) is 0 Å². The van der Waals surface area contributed by atoms with Gasteiger partial charge in [-0.2, -0.15) is 13.2 Å². The summed E-state index contributed by atoms with van der Waals surface area (Å²) in [7, 11) is 0. The van der Waals surface area contributed by atoms with Gasteiger partial charge in [0.25, 0.3) is 0 Å². The van der Waals surface area contributed by atoms with E-state index in [1.54, 1.807) is 55.5 Å². The highest BCUT2D eigenvalue weighted by Gasteiger charge is 2.29. The molecule has 0 aromatic heterocycles. The van der Waals surface area contributed by atoms with Crippen molar-refractivity contribution < 1.29 is 22.8 Å². The van der Waals surface area contributed by atoms with Gasteiger partial charge in [0.05, 0.1) is 11.5 Å². The molecule has 0 bridgehead atoms. The van der Waals surface area contributed by atoms with E-state index in [2.05, 4.69) is 5.32 Å². The molecule has 3 nitrogen and oxygen atoms in total. The minimum absolute atomic E-state index is 0.115. The first-order valence-electron chi connectivity index (χ1n) is 9.39. The zero-order valence-corrected chi connectivity index (χ0v) is 16.2. The highest BCUT2D eigenvalue weighted by atomic mass is 19.4. The van der Waals surface area contributed by atoms with Crippen molar-refractivity contribution in [2.45, 2.75) is 25.6 Å².